The van der Waals surface area contributed by atoms with Crippen molar-refractivity contribution < 1.29 is 34.8 Å². The van der Waals surface area contributed by atoms with E-state index in [0.717, 1.165) is 0 Å². The second-order valence-electron chi connectivity index (χ2n) is 2.51. The van der Waals surface area contributed by atoms with E-state index < -0.39 is 36.4 Å². The third-order valence-corrected chi connectivity index (χ3v) is 1.25. The SMILES string of the molecule is N#C[S-].O=C([O-])CC(O)(CC(=O)[O-])C(=O)[O-].[NH4+].[NH4+].[NH4+].[NH4+]. The molecule has 0 radical (unpaired) electrons. The van der Waals surface area contributed by atoms with Crippen LogP contribution in [0.15, 0.2) is 0 Å². The second kappa shape index (κ2) is 16.9. The Morgan fingerprint density at radius 2 is 1.20 bits per heavy atom. The van der Waals surface area contributed by atoms with Gasteiger partial charge in [0.05, 0.1) is 5.97 Å². The molecule has 0 heterocycles. The Morgan fingerprint density at radius 3 is 1.30 bits per heavy atom. The number of carboxylic acids is 3. The molecule has 0 saturated heterocycles. The van der Waals surface area contributed by atoms with Crippen molar-refractivity contribution in [3.8, 4) is 5.40 Å². The van der Waals surface area contributed by atoms with Crippen LogP contribution >= 0.6 is 0 Å². The lowest BCUT2D eigenvalue weighted by Gasteiger charge is -2.29. The lowest BCUT2D eigenvalue weighted by atomic mass is 9.96. The summed E-state index contributed by atoms with van der Waals surface area (Å²) in [7, 11) is 0. The highest BCUT2D eigenvalue weighted by Crippen LogP contribution is 2.13. The first kappa shape index (κ1) is 36.1. The Morgan fingerprint density at radius 1 is 1.00 bits per heavy atom. The lowest BCUT2D eigenvalue weighted by Crippen LogP contribution is -2.54. The molecule has 0 amide bonds. The molecule has 0 aliphatic carbocycles. The molecule has 0 aliphatic rings. The van der Waals surface area contributed by atoms with Crippen LogP contribution in [0, 0.1) is 10.7 Å². The Bertz CT molecular complexity index is 316. The predicted octanol–water partition coefficient (Wildman–Crippen LogP) is -3.73. The summed E-state index contributed by atoms with van der Waals surface area (Å²) in [6.07, 6.45) is -2.72. The highest BCUT2D eigenvalue weighted by molar-refractivity contribution is 7.64. The van der Waals surface area contributed by atoms with Gasteiger partial charge in [-0.25, -0.2) is 5.26 Å². The van der Waals surface area contributed by atoms with Crippen LogP contribution in [-0.2, 0) is 27.0 Å². The van der Waals surface area contributed by atoms with Crippen LogP contribution < -0.4 is 39.9 Å². The molecule has 20 heavy (non-hydrogen) atoms. The third-order valence-electron chi connectivity index (χ3n) is 1.25. The van der Waals surface area contributed by atoms with Crippen molar-refractivity contribution in [2.75, 3.05) is 0 Å². The Labute approximate surface area is 120 Å². The summed E-state index contributed by atoms with van der Waals surface area (Å²) in [5.41, 5.74) is -2.97. The molecule has 0 bridgehead atoms. The molecular weight excluding hydrogens is 298 g/mol. The number of rotatable bonds is 5. The van der Waals surface area contributed by atoms with Gasteiger partial charge in [0.2, 0.25) is 0 Å². The van der Waals surface area contributed by atoms with Crippen LogP contribution in [0.4, 0.5) is 0 Å². The zero-order valence-corrected chi connectivity index (χ0v) is 12.5. The molecular formula is C7H21N5O7S. The first-order valence-corrected chi connectivity index (χ1v) is 3.95. The summed E-state index contributed by atoms with van der Waals surface area (Å²) in [5, 5.41) is 47.4. The summed E-state index contributed by atoms with van der Waals surface area (Å²) < 4.78 is 0. The number of quaternary nitrogens is 4. The highest BCUT2D eigenvalue weighted by Gasteiger charge is 2.29. The number of aliphatic carboxylic acids is 3. The standard InChI is InChI=1S/C6H8O7.CHNS.4H3N/c7-3(8)1-6(13,5(11)12)2-4(9)10;2-1-3;;;;/h13H,1-2H2,(H,7,8)(H,9,10)(H,11,12);3H;4*1H3. The van der Waals surface area contributed by atoms with Gasteiger partial charge in [0.1, 0.15) is 5.60 Å². The fourth-order valence-corrected chi connectivity index (χ4v) is 0.684. The zero-order valence-electron chi connectivity index (χ0n) is 11.7. The largest absolute Gasteiger partial charge is 0.696 e. The molecule has 12 nitrogen and oxygen atoms in total. The van der Waals surface area contributed by atoms with Crippen LogP contribution in [0.25, 0.3) is 0 Å². The van der Waals surface area contributed by atoms with Gasteiger partial charge in [-0.3, -0.25) is 0 Å². The van der Waals surface area contributed by atoms with E-state index in [1.54, 1.807) is 0 Å². The minimum Gasteiger partial charge on any atom is -0.696 e. The van der Waals surface area contributed by atoms with E-state index in [-0.39, 0.29) is 24.6 Å². The van der Waals surface area contributed by atoms with Crippen molar-refractivity contribution in [3.63, 3.8) is 0 Å². The van der Waals surface area contributed by atoms with E-state index >= 15 is 0 Å². The van der Waals surface area contributed by atoms with Gasteiger partial charge in [-0.2, -0.15) is 0 Å². The molecule has 0 rings (SSSR count). The van der Waals surface area contributed by atoms with Crippen LogP contribution in [0.3, 0.4) is 0 Å². The Hall–Kier alpha value is -2.08. The van der Waals surface area contributed by atoms with E-state index in [2.05, 4.69) is 12.6 Å². The van der Waals surface area contributed by atoms with Gasteiger partial charge in [0, 0.05) is 24.8 Å². The van der Waals surface area contributed by atoms with Gasteiger partial charge in [0.25, 0.3) is 0 Å². The normalized spacial score (nSPS) is 7.40. The first-order chi connectivity index (χ1) is 7.19. The van der Waals surface area contributed by atoms with Crippen molar-refractivity contribution in [3.05, 3.63) is 0 Å². The highest BCUT2D eigenvalue weighted by atomic mass is 32.1. The minimum absolute atomic E-state index is 0. The monoisotopic (exact) mass is 319 g/mol. The minimum atomic E-state index is -2.97. The number of hydrogen-bond donors (Lipinski definition) is 5. The quantitative estimate of drug-likeness (QED) is 0.245. The maximum Gasteiger partial charge on any atom is 0.114 e. The fraction of sp³-hybridized carbons (Fsp3) is 0.429. The molecule has 0 fully saturated rings. The second-order valence-corrected chi connectivity index (χ2v) is 2.69. The predicted molar refractivity (Wildman–Crippen MR) is 66.1 cm³/mol. The van der Waals surface area contributed by atoms with Crippen molar-refractivity contribution >= 4 is 30.5 Å². The van der Waals surface area contributed by atoms with E-state index in [9.17, 15) is 29.7 Å². The molecule has 17 N–H and O–H groups in total. The summed E-state index contributed by atoms with van der Waals surface area (Å²) in [4.78, 5) is 30.0. The number of nitriles is 1. The number of nitrogens with zero attached hydrogens (tertiary/aromatic N) is 1. The van der Waals surface area contributed by atoms with Crippen molar-refractivity contribution in [2.45, 2.75) is 18.4 Å². The third kappa shape index (κ3) is 18.3. The van der Waals surface area contributed by atoms with Crippen LogP contribution in [0.5, 0.6) is 0 Å². The zero-order chi connectivity index (χ0) is 13.4. The Kier molecular flexibility index (Phi) is 30.5. The average molecular weight is 319 g/mol. The summed E-state index contributed by atoms with van der Waals surface area (Å²) in [6, 6.07) is 0. The van der Waals surface area contributed by atoms with E-state index in [0.29, 0.717) is 0 Å². The molecule has 0 aliphatic heterocycles. The van der Waals surface area contributed by atoms with Gasteiger partial charge >= 0.3 is 0 Å². The molecule has 0 unspecified atom stereocenters. The van der Waals surface area contributed by atoms with Gasteiger partial charge in [-0.15, -0.1) is 0 Å². The van der Waals surface area contributed by atoms with Crippen molar-refractivity contribution in [2.24, 2.45) is 0 Å². The van der Waals surface area contributed by atoms with Gasteiger partial charge in [-0.05, 0) is 0 Å². The summed E-state index contributed by atoms with van der Waals surface area (Å²) in [6.45, 7) is 0. The van der Waals surface area contributed by atoms with Gasteiger partial charge < -0.3 is 72.0 Å². The van der Waals surface area contributed by atoms with Gasteiger partial charge in [0.15, 0.2) is 0 Å². The molecule has 122 valence electrons. The number of carbonyl (C=O) groups is 3. The first-order valence-electron chi connectivity index (χ1n) is 3.54. The molecule has 0 spiro atoms. The molecule has 13 heteroatoms. The molecule has 0 aromatic rings. The number of hydrogen-bond acceptors (Lipinski definition) is 9. The van der Waals surface area contributed by atoms with E-state index in [1.807, 2.05) is 0 Å². The lowest BCUT2D eigenvalue weighted by molar-refractivity contribution is -0.339. The molecule has 0 saturated carbocycles. The van der Waals surface area contributed by atoms with Crippen LogP contribution in [0.1, 0.15) is 12.8 Å². The molecule has 0 atom stereocenters. The van der Waals surface area contributed by atoms with E-state index in [4.69, 9.17) is 10.4 Å². The maximum absolute atomic E-state index is 10.1. The van der Waals surface area contributed by atoms with Crippen molar-refractivity contribution in [1.82, 2.24) is 24.6 Å². The number of carboxylic acid groups (broad SMARTS) is 3. The van der Waals surface area contributed by atoms with Gasteiger partial charge in [-0.1, -0.05) is 5.40 Å². The van der Waals surface area contributed by atoms with Crippen molar-refractivity contribution in [1.29, 1.82) is 5.26 Å². The summed E-state index contributed by atoms with van der Waals surface area (Å²) in [5.74, 6) is -5.98. The van der Waals surface area contributed by atoms with E-state index in [1.165, 1.54) is 5.40 Å². The molecule has 0 aromatic heterocycles. The maximum atomic E-state index is 10.1. The topological polar surface area (TPSA) is 310 Å². The number of carbonyl (C=O) groups excluding carboxylic acids is 3. The number of thiocyanates is 1. The fourth-order valence-electron chi connectivity index (χ4n) is 0.684. The smallest absolute Gasteiger partial charge is 0.114 e. The Balaban J connectivity index is -0.0000000641. The van der Waals surface area contributed by atoms with Crippen LogP contribution in [0.2, 0.25) is 0 Å². The average Bonchev–Trinajstić information content (AvgIpc) is 2.01. The summed E-state index contributed by atoms with van der Waals surface area (Å²) >= 11 is 3.70. The molecule has 0 aromatic carbocycles. The number of aliphatic hydroxyl groups is 1. The van der Waals surface area contributed by atoms with Crippen LogP contribution in [-0.4, -0.2) is 28.6 Å².